The van der Waals surface area contributed by atoms with E-state index in [1.807, 2.05) is 6.07 Å². The van der Waals surface area contributed by atoms with Crippen molar-refractivity contribution in [1.29, 1.82) is 0 Å². The van der Waals surface area contributed by atoms with Gasteiger partial charge >= 0.3 is 6.18 Å². The Hall–Kier alpha value is -2.06. The highest BCUT2D eigenvalue weighted by molar-refractivity contribution is 7.99. The van der Waals surface area contributed by atoms with Crippen molar-refractivity contribution in [3.05, 3.63) is 47.3 Å². The van der Waals surface area contributed by atoms with Crippen LogP contribution in [0.1, 0.15) is 42.4 Å². The van der Waals surface area contributed by atoms with Gasteiger partial charge in [0, 0.05) is 46.3 Å². The van der Waals surface area contributed by atoms with Crippen molar-refractivity contribution < 1.29 is 18.0 Å². The van der Waals surface area contributed by atoms with Gasteiger partial charge in [-0.2, -0.15) is 13.2 Å². The second-order valence-electron chi connectivity index (χ2n) is 7.37. The molecule has 2 aromatic rings. The van der Waals surface area contributed by atoms with Crippen molar-refractivity contribution >= 4 is 23.4 Å². The van der Waals surface area contributed by atoms with Gasteiger partial charge in [-0.05, 0) is 48.6 Å². The molecular formula is C20H20F3N3OS. The van der Waals surface area contributed by atoms with Gasteiger partial charge in [-0.3, -0.25) is 9.78 Å². The topological polar surface area (TPSA) is 68.0 Å². The third-order valence-electron chi connectivity index (χ3n) is 5.34. The van der Waals surface area contributed by atoms with Gasteiger partial charge in [0.05, 0.1) is 5.56 Å². The monoisotopic (exact) mass is 407 g/mol. The number of carbonyl (C=O) groups excluding carboxylic acids is 1. The van der Waals surface area contributed by atoms with Crippen molar-refractivity contribution in [3.8, 4) is 0 Å². The van der Waals surface area contributed by atoms with Crippen LogP contribution in [0.3, 0.4) is 0 Å². The minimum absolute atomic E-state index is 0.0325. The maximum Gasteiger partial charge on any atom is 0.416 e. The molecule has 1 aromatic carbocycles. The van der Waals surface area contributed by atoms with Crippen molar-refractivity contribution in [3.63, 3.8) is 0 Å². The zero-order chi connectivity index (χ0) is 19.9. The number of aromatic nitrogens is 1. The first-order valence-electron chi connectivity index (χ1n) is 9.22. The number of nitrogens with two attached hydrogens (primary N) is 1. The standard InChI is InChI=1S/C20H20F3N3OS/c21-20(22,23)13-8-16(26-19(27)12-2-1-3-14(24)6-12)15-7-11-4-5-25-10-18(11)28-17(15)9-13/h4-5,8-10,12,14H,1-3,6-7,24H2,(H,26,27). The summed E-state index contributed by atoms with van der Waals surface area (Å²) in [6.45, 7) is 0. The fourth-order valence-corrected chi connectivity index (χ4v) is 4.96. The van der Waals surface area contributed by atoms with E-state index in [2.05, 4.69) is 10.3 Å². The number of amides is 1. The number of nitrogens with zero attached hydrogens (tertiary/aromatic N) is 1. The van der Waals surface area contributed by atoms with Crippen LogP contribution < -0.4 is 11.1 Å². The van der Waals surface area contributed by atoms with E-state index in [9.17, 15) is 18.0 Å². The van der Waals surface area contributed by atoms with Gasteiger partial charge in [0.1, 0.15) is 0 Å². The van der Waals surface area contributed by atoms with Gasteiger partial charge in [-0.15, -0.1) is 0 Å². The lowest BCUT2D eigenvalue weighted by atomic mass is 9.85. The maximum absolute atomic E-state index is 13.4. The lowest BCUT2D eigenvalue weighted by Crippen LogP contribution is -2.34. The average molecular weight is 407 g/mol. The van der Waals surface area contributed by atoms with Crippen molar-refractivity contribution in [2.24, 2.45) is 11.7 Å². The zero-order valence-electron chi connectivity index (χ0n) is 15.1. The lowest BCUT2D eigenvalue weighted by molar-refractivity contribution is -0.137. The van der Waals surface area contributed by atoms with Crippen LogP contribution in [0.4, 0.5) is 18.9 Å². The highest BCUT2D eigenvalue weighted by atomic mass is 32.2. The van der Waals surface area contributed by atoms with E-state index in [0.29, 0.717) is 29.7 Å². The van der Waals surface area contributed by atoms with Gasteiger partial charge in [0.15, 0.2) is 0 Å². The first kappa shape index (κ1) is 19.3. The maximum atomic E-state index is 13.4. The van der Waals surface area contributed by atoms with Gasteiger partial charge in [-0.1, -0.05) is 18.2 Å². The van der Waals surface area contributed by atoms with Crippen molar-refractivity contribution in [2.75, 3.05) is 5.32 Å². The Morgan fingerprint density at radius 1 is 1.25 bits per heavy atom. The predicted octanol–water partition coefficient (Wildman–Crippen LogP) is 4.61. The summed E-state index contributed by atoms with van der Waals surface area (Å²) >= 11 is 1.26. The molecule has 28 heavy (non-hydrogen) atoms. The Kier molecular flexibility index (Phi) is 5.09. The first-order chi connectivity index (χ1) is 13.3. The van der Waals surface area contributed by atoms with Crippen molar-refractivity contribution in [2.45, 2.75) is 54.1 Å². The largest absolute Gasteiger partial charge is 0.416 e. The van der Waals surface area contributed by atoms with Crippen LogP contribution in [-0.2, 0) is 17.4 Å². The molecule has 0 bridgehead atoms. The Labute approximate surface area is 165 Å². The number of rotatable bonds is 2. The molecule has 2 aliphatic rings. The number of anilines is 1. The number of nitrogens with one attached hydrogen (secondary N) is 1. The summed E-state index contributed by atoms with van der Waals surface area (Å²) in [6, 6.07) is 4.03. The molecule has 1 saturated carbocycles. The Morgan fingerprint density at radius 2 is 2.07 bits per heavy atom. The molecule has 1 aromatic heterocycles. The number of benzene rings is 1. The van der Waals surface area contributed by atoms with Crippen molar-refractivity contribution in [1.82, 2.24) is 4.98 Å². The molecule has 3 N–H and O–H groups in total. The highest BCUT2D eigenvalue weighted by Crippen LogP contribution is 2.45. The number of hydrogen-bond acceptors (Lipinski definition) is 4. The molecule has 2 atom stereocenters. The number of pyridine rings is 1. The Balaban J connectivity index is 1.69. The van der Waals surface area contributed by atoms with Crippen LogP contribution in [-0.4, -0.2) is 16.9 Å². The van der Waals surface area contributed by atoms with Crippen LogP contribution in [0.25, 0.3) is 0 Å². The van der Waals surface area contributed by atoms with Crippen LogP contribution in [0.15, 0.2) is 40.4 Å². The third-order valence-corrected chi connectivity index (χ3v) is 6.51. The normalized spacial score (nSPS) is 21.6. The molecule has 1 amide bonds. The lowest BCUT2D eigenvalue weighted by Gasteiger charge is -2.27. The van der Waals surface area contributed by atoms with E-state index in [4.69, 9.17) is 5.73 Å². The van der Waals surface area contributed by atoms with E-state index < -0.39 is 11.7 Å². The summed E-state index contributed by atoms with van der Waals surface area (Å²) in [6.07, 6.45) is 2.30. The molecule has 4 nitrogen and oxygen atoms in total. The minimum Gasteiger partial charge on any atom is -0.328 e. The number of alkyl halides is 3. The predicted molar refractivity (Wildman–Crippen MR) is 101 cm³/mol. The van der Waals surface area contributed by atoms with E-state index in [0.717, 1.165) is 35.4 Å². The number of carbonyl (C=O) groups is 1. The van der Waals surface area contributed by atoms with E-state index >= 15 is 0 Å². The second-order valence-corrected chi connectivity index (χ2v) is 8.46. The van der Waals surface area contributed by atoms with Gasteiger partial charge in [-0.25, -0.2) is 0 Å². The molecule has 0 spiro atoms. The average Bonchev–Trinajstić information content (AvgIpc) is 2.65. The summed E-state index contributed by atoms with van der Waals surface area (Å²) in [5.41, 5.74) is 7.14. The van der Waals surface area contributed by atoms with Crippen LogP contribution in [0, 0.1) is 5.92 Å². The molecule has 1 fully saturated rings. The molecule has 0 radical (unpaired) electrons. The SMILES string of the molecule is NC1CCCC(C(=O)Nc2cc(C(F)(F)F)cc3c2Cc2ccncc2S3)C1. The molecule has 4 rings (SSSR count). The van der Waals surface area contributed by atoms with E-state index in [1.165, 1.54) is 11.8 Å². The van der Waals surface area contributed by atoms with Gasteiger partial charge in [0.25, 0.3) is 0 Å². The van der Waals surface area contributed by atoms with Crippen LogP contribution in [0.2, 0.25) is 0 Å². The highest BCUT2D eigenvalue weighted by Gasteiger charge is 2.34. The molecule has 8 heteroatoms. The molecular weight excluding hydrogens is 387 g/mol. The summed E-state index contributed by atoms with van der Waals surface area (Å²) in [7, 11) is 0. The molecule has 1 aliphatic heterocycles. The zero-order valence-corrected chi connectivity index (χ0v) is 15.9. The second kappa shape index (κ2) is 7.40. The summed E-state index contributed by atoms with van der Waals surface area (Å²) < 4.78 is 40.3. The smallest absolute Gasteiger partial charge is 0.328 e. The van der Waals surface area contributed by atoms with E-state index in [1.54, 1.807) is 12.4 Å². The fraction of sp³-hybridized carbons (Fsp3) is 0.400. The summed E-state index contributed by atoms with van der Waals surface area (Å²) in [4.78, 5) is 18.1. The quantitative estimate of drug-likeness (QED) is 0.651. The van der Waals surface area contributed by atoms with Crippen LogP contribution >= 0.6 is 11.8 Å². The minimum atomic E-state index is -4.49. The molecule has 2 unspecified atom stereocenters. The molecule has 2 heterocycles. The molecule has 1 aliphatic carbocycles. The van der Waals surface area contributed by atoms with Crippen LogP contribution in [0.5, 0.6) is 0 Å². The number of fused-ring (bicyclic) bond motifs is 2. The molecule has 0 saturated heterocycles. The Morgan fingerprint density at radius 3 is 2.82 bits per heavy atom. The van der Waals surface area contributed by atoms with E-state index in [-0.39, 0.29) is 23.6 Å². The fourth-order valence-electron chi connectivity index (χ4n) is 3.85. The number of halogens is 3. The third kappa shape index (κ3) is 3.89. The molecule has 148 valence electrons. The summed E-state index contributed by atoms with van der Waals surface area (Å²) in [5, 5.41) is 2.78. The van der Waals surface area contributed by atoms with Gasteiger partial charge < -0.3 is 11.1 Å². The summed E-state index contributed by atoms with van der Waals surface area (Å²) in [5.74, 6) is -0.510. The number of hydrogen-bond donors (Lipinski definition) is 2. The van der Waals surface area contributed by atoms with Gasteiger partial charge in [0.2, 0.25) is 5.91 Å². The Bertz CT molecular complexity index is 916. The first-order valence-corrected chi connectivity index (χ1v) is 10.0.